The van der Waals surface area contributed by atoms with Crippen molar-refractivity contribution in [1.82, 2.24) is 9.97 Å². The molecule has 1 spiro atoms. The Morgan fingerprint density at radius 3 is 2.76 bits per heavy atom. The summed E-state index contributed by atoms with van der Waals surface area (Å²) in [5.41, 5.74) is 0.230. The summed E-state index contributed by atoms with van der Waals surface area (Å²) in [5.74, 6) is -0.0180. The van der Waals surface area contributed by atoms with Crippen molar-refractivity contribution in [2.75, 3.05) is 29.4 Å². The van der Waals surface area contributed by atoms with Crippen molar-refractivity contribution in [3.8, 4) is 0 Å². The van der Waals surface area contributed by atoms with Crippen LogP contribution in [-0.2, 0) is 4.79 Å². The van der Waals surface area contributed by atoms with Crippen molar-refractivity contribution in [2.45, 2.75) is 25.8 Å². The Kier molecular flexibility index (Phi) is 2.86. The second-order valence-corrected chi connectivity index (χ2v) is 7.63. The van der Waals surface area contributed by atoms with E-state index in [4.69, 9.17) is 4.98 Å². The van der Waals surface area contributed by atoms with Crippen LogP contribution in [0.5, 0.6) is 0 Å². The molecule has 2 aromatic rings. The summed E-state index contributed by atoms with van der Waals surface area (Å²) in [6.07, 6.45) is 1.81. The third kappa shape index (κ3) is 2.04. The Balaban J connectivity index is 1.53. The standard InChI is InChI=1S/C18H19FN4O2/c1-10-5-6-23(10)17-20-14-11(3-2-4-13(14)19)15(21-17)22-8-18(9-22)7-12(18)16(24)25/h2-4,10,12H,5-9H2,1H3,(H,24,25)/t10-,12-/m0/s1. The van der Waals surface area contributed by atoms with Crippen LogP contribution in [0, 0.1) is 17.2 Å². The van der Waals surface area contributed by atoms with Gasteiger partial charge in [0, 0.05) is 36.5 Å². The van der Waals surface area contributed by atoms with Crippen molar-refractivity contribution in [2.24, 2.45) is 11.3 Å². The van der Waals surface area contributed by atoms with Crippen LogP contribution in [0.1, 0.15) is 19.8 Å². The molecule has 3 aliphatic rings. The summed E-state index contributed by atoms with van der Waals surface area (Å²) in [4.78, 5) is 24.5. The summed E-state index contributed by atoms with van der Waals surface area (Å²) in [7, 11) is 0. The van der Waals surface area contributed by atoms with E-state index in [-0.39, 0.29) is 17.2 Å². The van der Waals surface area contributed by atoms with Crippen LogP contribution in [0.15, 0.2) is 18.2 Å². The molecule has 2 saturated heterocycles. The smallest absolute Gasteiger partial charge is 0.307 e. The number of nitrogens with zero attached hydrogens (tertiary/aromatic N) is 4. The highest BCUT2D eigenvalue weighted by atomic mass is 19.1. The lowest BCUT2D eigenvalue weighted by Gasteiger charge is -2.43. The first-order valence-electron chi connectivity index (χ1n) is 8.69. The summed E-state index contributed by atoms with van der Waals surface area (Å²) in [5, 5.41) is 9.90. The molecule has 2 atom stereocenters. The van der Waals surface area contributed by atoms with Gasteiger partial charge in [0.05, 0.1) is 5.92 Å². The number of anilines is 2. The molecule has 1 saturated carbocycles. The van der Waals surface area contributed by atoms with E-state index in [0.717, 1.165) is 25.2 Å². The normalized spacial score (nSPS) is 26.5. The van der Waals surface area contributed by atoms with Crippen molar-refractivity contribution in [3.05, 3.63) is 24.0 Å². The van der Waals surface area contributed by atoms with Crippen LogP contribution in [0.2, 0.25) is 0 Å². The molecule has 1 aliphatic carbocycles. The molecule has 1 aromatic carbocycles. The highest BCUT2D eigenvalue weighted by Gasteiger charge is 2.65. The molecule has 3 heterocycles. The Morgan fingerprint density at radius 2 is 2.16 bits per heavy atom. The van der Waals surface area contributed by atoms with E-state index in [2.05, 4.69) is 21.7 Å². The minimum atomic E-state index is -0.715. The number of hydrogen-bond donors (Lipinski definition) is 1. The zero-order valence-corrected chi connectivity index (χ0v) is 13.9. The van der Waals surface area contributed by atoms with E-state index in [1.165, 1.54) is 6.07 Å². The second kappa shape index (κ2) is 4.80. The lowest BCUT2D eigenvalue weighted by Crippen LogP contribution is -2.51. The zero-order valence-electron chi connectivity index (χ0n) is 13.9. The van der Waals surface area contributed by atoms with Gasteiger partial charge < -0.3 is 14.9 Å². The van der Waals surface area contributed by atoms with Crippen LogP contribution in [0.25, 0.3) is 10.9 Å². The van der Waals surface area contributed by atoms with Gasteiger partial charge in [0.2, 0.25) is 5.95 Å². The van der Waals surface area contributed by atoms with E-state index >= 15 is 0 Å². The van der Waals surface area contributed by atoms with Gasteiger partial charge in [-0.05, 0) is 31.9 Å². The highest BCUT2D eigenvalue weighted by Crippen LogP contribution is 2.59. The Labute approximate surface area is 144 Å². The van der Waals surface area contributed by atoms with Gasteiger partial charge >= 0.3 is 5.97 Å². The van der Waals surface area contributed by atoms with Gasteiger partial charge in [-0.1, -0.05) is 6.07 Å². The number of carbonyl (C=O) groups is 1. The molecule has 2 aliphatic heterocycles. The lowest BCUT2D eigenvalue weighted by molar-refractivity contribution is -0.139. The SMILES string of the molecule is C[C@H]1CCN1c1nc(N2CC3(C[C@H]3C(=O)O)C2)c2cccc(F)c2n1. The van der Waals surface area contributed by atoms with Gasteiger partial charge in [0.15, 0.2) is 0 Å². The highest BCUT2D eigenvalue weighted by molar-refractivity contribution is 5.92. The number of benzene rings is 1. The maximum Gasteiger partial charge on any atom is 0.307 e. The summed E-state index contributed by atoms with van der Waals surface area (Å²) >= 11 is 0. The molecule has 0 amide bonds. The first-order valence-corrected chi connectivity index (χ1v) is 8.69. The van der Waals surface area contributed by atoms with Crippen LogP contribution in [0.3, 0.4) is 0 Å². The number of aliphatic carboxylic acids is 1. The predicted molar refractivity (Wildman–Crippen MR) is 91.3 cm³/mol. The van der Waals surface area contributed by atoms with Gasteiger partial charge in [0.1, 0.15) is 17.2 Å². The maximum absolute atomic E-state index is 14.3. The fraction of sp³-hybridized carbons (Fsp3) is 0.500. The van der Waals surface area contributed by atoms with E-state index < -0.39 is 5.97 Å². The van der Waals surface area contributed by atoms with Crippen molar-refractivity contribution < 1.29 is 14.3 Å². The summed E-state index contributed by atoms with van der Waals surface area (Å²) in [6, 6.07) is 5.29. The predicted octanol–water partition coefficient (Wildman–Crippen LogP) is 2.28. The average Bonchev–Trinajstić information content (AvgIpc) is 3.28. The van der Waals surface area contributed by atoms with Crippen LogP contribution in [0.4, 0.5) is 16.2 Å². The second-order valence-electron chi connectivity index (χ2n) is 7.63. The van der Waals surface area contributed by atoms with Crippen molar-refractivity contribution in [3.63, 3.8) is 0 Å². The van der Waals surface area contributed by atoms with E-state index in [1.54, 1.807) is 6.07 Å². The number of para-hydroxylation sites is 1. The van der Waals surface area contributed by atoms with E-state index in [0.29, 0.717) is 36.0 Å². The number of halogens is 1. The van der Waals surface area contributed by atoms with Crippen molar-refractivity contribution in [1.29, 1.82) is 0 Å². The average molecular weight is 342 g/mol. The van der Waals surface area contributed by atoms with Gasteiger partial charge in [-0.2, -0.15) is 4.98 Å². The molecule has 0 radical (unpaired) electrons. The maximum atomic E-state index is 14.3. The van der Waals surface area contributed by atoms with Crippen LogP contribution < -0.4 is 9.80 Å². The number of carboxylic acids is 1. The Hall–Kier alpha value is -2.44. The third-order valence-corrected chi connectivity index (χ3v) is 6.02. The lowest BCUT2D eigenvalue weighted by atomic mass is 9.93. The minimum Gasteiger partial charge on any atom is -0.481 e. The summed E-state index contributed by atoms with van der Waals surface area (Å²) < 4.78 is 14.3. The van der Waals surface area contributed by atoms with Crippen molar-refractivity contribution >= 4 is 28.6 Å². The number of rotatable bonds is 3. The topological polar surface area (TPSA) is 69.6 Å². The molecule has 25 heavy (non-hydrogen) atoms. The largest absolute Gasteiger partial charge is 0.481 e. The number of carboxylic acid groups (broad SMARTS) is 1. The van der Waals surface area contributed by atoms with Gasteiger partial charge in [-0.15, -0.1) is 0 Å². The van der Waals surface area contributed by atoms with Crippen LogP contribution in [-0.4, -0.2) is 46.7 Å². The quantitative estimate of drug-likeness (QED) is 0.923. The fourth-order valence-corrected chi connectivity index (χ4v) is 4.18. The molecule has 0 bridgehead atoms. The molecule has 3 fully saturated rings. The molecule has 1 N–H and O–H groups in total. The first-order chi connectivity index (χ1) is 12.0. The zero-order chi connectivity index (χ0) is 17.3. The number of aromatic nitrogens is 2. The first kappa shape index (κ1) is 14.9. The Morgan fingerprint density at radius 1 is 1.36 bits per heavy atom. The molecule has 6 nitrogen and oxygen atoms in total. The van der Waals surface area contributed by atoms with E-state index in [9.17, 15) is 14.3 Å². The molecule has 130 valence electrons. The van der Waals surface area contributed by atoms with Crippen LogP contribution >= 0.6 is 0 Å². The van der Waals surface area contributed by atoms with Gasteiger partial charge in [-0.25, -0.2) is 9.37 Å². The third-order valence-electron chi connectivity index (χ3n) is 6.02. The van der Waals surface area contributed by atoms with Gasteiger partial charge in [-0.3, -0.25) is 4.79 Å². The molecule has 5 rings (SSSR count). The monoisotopic (exact) mass is 342 g/mol. The molecule has 1 aromatic heterocycles. The molecule has 0 unspecified atom stereocenters. The van der Waals surface area contributed by atoms with E-state index in [1.807, 2.05) is 6.07 Å². The molecular formula is C18H19FN4O2. The summed E-state index contributed by atoms with van der Waals surface area (Å²) in [6.45, 7) is 4.33. The fourth-order valence-electron chi connectivity index (χ4n) is 4.18. The Bertz CT molecular complexity index is 896. The van der Waals surface area contributed by atoms with Gasteiger partial charge in [0.25, 0.3) is 0 Å². The number of fused-ring (bicyclic) bond motifs is 1. The minimum absolute atomic E-state index is 0.110. The molecular weight excluding hydrogens is 323 g/mol. The number of hydrogen-bond acceptors (Lipinski definition) is 5. The molecule has 7 heteroatoms.